The third-order valence-corrected chi connectivity index (χ3v) is 2.39. The normalized spacial score (nSPS) is 10.8. The molecule has 0 saturated carbocycles. The summed E-state index contributed by atoms with van der Waals surface area (Å²) in [6.07, 6.45) is 2.00. The molecule has 0 spiro atoms. The molecule has 3 heteroatoms. The number of hydrogen-bond acceptors (Lipinski definition) is 1. The lowest BCUT2D eigenvalue weighted by atomic mass is 10.2. The second-order valence-electron chi connectivity index (χ2n) is 3.55. The van der Waals surface area contributed by atoms with Gasteiger partial charge in [0.2, 0.25) is 0 Å². The van der Waals surface area contributed by atoms with Crippen molar-refractivity contribution in [2.24, 2.45) is 5.92 Å². The van der Waals surface area contributed by atoms with Gasteiger partial charge in [-0.3, -0.25) is 4.68 Å². The van der Waals surface area contributed by atoms with Crippen molar-refractivity contribution in [1.82, 2.24) is 9.78 Å². The third kappa shape index (κ3) is 2.99. The molecule has 0 aromatic carbocycles. The first-order chi connectivity index (χ1) is 6.13. The van der Waals surface area contributed by atoms with Gasteiger partial charge in [0.1, 0.15) is 0 Å². The summed E-state index contributed by atoms with van der Waals surface area (Å²) in [5.74, 6) is 0.630. The predicted octanol–water partition coefficient (Wildman–Crippen LogP) is 2.95. The molecule has 13 heavy (non-hydrogen) atoms. The Morgan fingerprint density at radius 3 is 2.92 bits per heavy atom. The van der Waals surface area contributed by atoms with Crippen LogP contribution in [0, 0.1) is 5.92 Å². The molecule has 1 heterocycles. The minimum atomic E-state index is 0.630. The molecular weight excluding hydrogens is 228 g/mol. The summed E-state index contributed by atoms with van der Waals surface area (Å²) in [6.45, 7) is 9.24. The van der Waals surface area contributed by atoms with Gasteiger partial charge in [-0.05, 0) is 17.6 Å². The quantitative estimate of drug-likeness (QED) is 0.743. The summed E-state index contributed by atoms with van der Waals surface area (Å²) in [4.78, 5) is 0. The molecule has 0 bridgehead atoms. The van der Waals surface area contributed by atoms with E-state index < -0.39 is 0 Å². The van der Waals surface area contributed by atoms with Crippen molar-refractivity contribution in [3.8, 4) is 0 Å². The first kappa shape index (κ1) is 10.5. The molecule has 0 fully saturated rings. The van der Waals surface area contributed by atoms with Crippen LogP contribution in [0.1, 0.15) is 19.5 Å². The summed E-state index contributed by atoms with van der Waals surface area (Å²) in [5, 5.41) is 5.19. The zero-order chi connectivity index (χ0) is 9.84. The SMILES string of the molecule is C=C(CBr)c1ccn(CC(C)C)n1. The Bertz CT molecular complexity index is 289. The maximum absolute atomic E-state index is 4.41. The lowest BCUT2D eigenvalue weighted by Gasteiger charge is -2.03. The van der Waals surface area contributed by atoms with Crippen molar-refractivity contribution < 1.29 is 0 Å². The number of nitrogens with zero attached hydrogens (tertiary/aromatic N) is 2. The van der Waals surface area contributed by atoms with Crippen molar-refractivity contribution >= 4 is 21.5 Å². The van der Waals surface area contributed by atoms with Crippen molar-refractivity contribution in [2.45, 2.75) is 20.4 Å². The molecule has 0 aliphatic carbocycles. The van der Waals surface area contributed by atoms with Crippen LogP contribution in [0.5, 0.6) is 0 Å². The van der Waals surface area contributed by atoms with Crippen LogP contribution in [-0.4, -0.2) is 15.1 Å². The lowest BCUT2D eigenvalue weighted by Crippen LogP contribution is -2.05. The molecular formula is C10H15BrN2. The fourth-order valence-corrected chi connectivity index (χ4v) is 1.38. The van der Waals surface area contributed by atoms with Crippen LogP contribution >= 0.6 is 15.9 Å². The number of allylic oxidation sites excluding steroid dienone is 1. The number of hydrogen-bond donors (Lipinski definition) is 0. The van der Waals surface area contributed by atoms with Crippen LogP contribution in [-0.2, 0) is 6.54 Å². The molecule has 0 radical (unpaired) electrons. The monoisotopic (exact) mass is 242 g/mol. The summed E-state index contributed by atoms with van der Waals surface area (Å²) in [5.41, 5.74) is 2.01. The van der Waals surface area contributed by atoms with Crippen LogP contribution in [0.2, 0.25) is 0 Å². The average Bonchev–Trinajstić information content (AvgIpc) is 2.50. The van der Waals surface area contributed by atoms with Crippen molar-refractivity contribution in [3.63, 3.8) is 0 Å². The minimum absolute atomic E-state index is 0.630. The van der Waals surface area contributed by atoms with Crippen LogP contribution in [0.25, 0.3) is 5.57 Å². The van der Waals surface area contributed by atoms with E-state index >= 15 is 0 Å². The number of halogens is 1. The molecule has 72 valence electrons. The zero-order valence-corrected chi connectivity index (χ0v) is 9.71. The minimum Gasteiger partial charge on any atom is -0.272 e. The van der Waals surface area contributed by atoms with Crippen LogP contribution < -0.4 is 0 Å². The van der Waals surface area contributed by atoms with Crippen molar-refractivity contribution in [3.05, 3.63) is 24.5 Å². The summed E-state index contributed by atoms with van der Waals surface area (Å²) in [6, 6.07) is 2.01. The topological polar surface area (TPSA) is 17.8 Å². The van der Waals surface area contributed by atoms with Gasteiger partial charge in [-0.2, -0.15) is 5.10 Å². The van der Waals surface area contributed by atoms with Gasteiger partial charge < -0.3 is 0 Å². The molecule has 0 amide bonds. The Labute approximate surface area is 87.8 Å². The van der Waals surface area contributed by atoms with Gasteiger partial charge in [0, 0.05) is 18.1 Å². The van der Waals surface area contributed by atoms with E-state index in [1.807, 2.05) is 16.9 Å². The van der Waals surface area contributed by atoms with E-state index in [9.17, 15) is 0 Å². The molecule has 2 nitrogen and oxygen atoms in total. The third-order valence-electron chi connectivity index (χ3n) is 1.72. The van der Waals surface area contributed by atoms with Crippen molar-refractivity contribution in [1.29, 1.82) is 0 Å². The highest BCUT2D eigenvalue weighted by Crippen LogP contribution is 2.12. The zero-order valence-electron chi connectivity index (χ0n) is 8.13. The molecule has 0 atom stereocenters. The number of aromatic nitrogens is 2. The van der Waals surface area contributed by atoms with Gasteiger partial charge in [0.25, 0.3) is 0 Å². The Hall–Kier alpha value is -0.570. The first-order valence-corrected chi connectivity index (χ1v) is 5.53. The second kappa shape index (κ2) is 4.61. The largest absolute Gasteiger partial charge is 0.272 e. The van der Waals surface area contributed by atoms with Gasteiger partial charge in [0.05, 0.1) is 5.69 Å². The van der Waals surface area contributed by atoms with E-state index in [4.69, 9.17) is 0 Å². The molecule has 0 saturated heterocycles. The van der Waals surface area contributed by atoms with E-state index in [-0.39, 0.29) is 0 Å². The molecule has 1 aromatic heterocycles. The van der Waals surface area contributed by atoms with E-state index in [1.165, 1.54) is 0 Å². The second-order valence-corrected chi connectivity index (χ2v) is 4.11. The van der Waals surface area contributed by atoms with Gasteiger partial charge in [0.15, 0.2) is 0 Å². The smallest absolute Gasteiger partial charge is 0.0885 e. The van der Waals surface area contributed by atoms with Crippen LogP contribution in [0.3, 0.4) is 0 Å². The highest BCUT2D eigenvalue weighted by atomic mass is 79.9. The Balaban J connectivity index is 2.69. The standard InChI is InChI=1S/C10H15BrN2/c1-8(2)7-13-5-4-10(12-13)9(3)6-11/h4-5,8H,3,6-7H2,1-2H3. The number of alkyl halides is 1. The lowest BCUT2D eigenvalue weighted by molar-refractivity contribution is 0.482. The summed E-state index contributed by atoms with van der Waals surface area (Å²) in [7, 11) is 0. The maximum Gasteiger partial charge on any atom is 0.0885 e. The van der Waals surface area contributed by atoms with Gasteiger partial charge in [-0.1, -0.05) is 36.4 Å². The molecule has 1 aromatic rings. The number of rotatable bonds is 4. The average molecular weight is 243 g/mol. The molecule has 0 unspecified atom stereocenters. The van der Waals surface area contributed by atoms with Crippen LogP contribution in [0.4, 0.5) is 0 Å². The van der Waals surface area contributed by atoms with Gasteiger partial charge >= 0.3 is 0 Å². The molecule has 0 aliphatic heterocycles. The molecule has 1 rings (SSSR count). The Kier molecular flexibility index (Phi) is 3.72. The van der Waals surface area contributed by atoms with Crippen LogP contribution in [0.15, 0.2) is 18.8 Å². The highest BCUT2D eigenvalue weighted by molar-refractivity contribution is 9.09. The van der Waals surface area contributed by atoms with E-state index in [2.05, 4.69) is 41.5 Å². The highest BCUT2D eigenvalue weighted by Gasteiger charge is 2.02. The molecule has 0 aliphatic rings. The van der Waals surface area contributed by atoms with E-state index in [0.717, 1.165) is 23.1 Å². The van der Waals surface area contributed by atoms with E-state index in [0.29, 0.717) is 5.92 Å². The predicted molar refractivity (Wildman–Crippen MR) is 59.9 cm³/mol. The fraction of sp³-hybridized carbons (Fsp3) is 0.500. The molecule has 0 N–H and O–H groups in total. The fourth-order valence-electron chi connectivity index (χ4n) is 1.09. The maximum atomic E-state index is 4.41. The summed E-state index contributed by atoms with van der Waals surface area (Å²) < 4.78 is 1.97. The van der Waals surface area contributed by atoms with Crippen molar-refractivity contribution in [2.75, 3.05) is 5.33 Å². The Morgan fingerprint density at radius 2 is 2.38 bits per heavy atom. The van der Waals surface area contributed by atoms with Gasteiger partial charge in [-0.25, -0.2) is 0 Å². The first-order valence-electron chi connectivity index (χ1n) is 4.41. The summed E-state index contributed by atoms with van der Waals surface area (Å²) >= 11 is 3.36. The van der Waals surface area contributed by atoms with E-state index in [1.54, 1.807) is 0 Å². The Morgan fingerprint density at radius 1 is 1.69 bits per heavy atom. The van der Waals surface area contributed by atoms with Gasteiger partial charge in [-0.15, -0.1) is 0 Å².